The molecule has 8 heteroatoms. The summed E-state index contributed by atoms with van der Waals surface area (Å²) >= 11 is 0. The van der Waals surface area contributed by atoms with Gasteiger partial charge in [0.1, 0.15) is 11.9 Å². The van der Waals surface area contributed by atoms with Gasteiger partial charge >= 0.3 is 0 Å². The van der Waals surface area contributed by atoms with Crippen LogP contribution in [0.1, 0.15) is 24.1 Å². The molecule has 1 atom stereocenters. The molecule has 1 unspecified atom stereocenters. The first-order valence-electron chi connectivity index (χ1n) is 9.85. The Morgan fingerprint density at radius 1 is 1.10 bits per heavy atom. The van der Waals surface area contributed by atoms with Crippen LogP contribution < -0.4 is 15.4 Å². The number of nitrogens with zero attached hydrogens (tertiary/aromatic N) is 4. The summed E-state index contributed by atoms with van der Waals surface area (Å²) in [5.74, 6) is 2.12. The van der Waals surface area contributed by atoms with Gasteiger partial charge in [0.25, 0.3) is 0 Å². The van der Waals surface area contributed by atoms with Crippen molar-refractivity contribution in [3.05, 3.63) is 77.6 Å². The number of hydrogen-bond donors (Lipinski definition) is 2. The lowest BCUT2D eigenvalue weighted by molar-refractivity contribution is 0.214. The molecule has 0 spiro atoms. The minimum atomic E-state index is -0.377. The number of aliphatic imine (C=N–C) groups is 1. The molecule has 0 bridgehead atoms. The van der Waals surface area contributed by atoms with Gasteiger partial charge in [-0.05, 0) is 31.5 Å². The molecule has 30 heavy (non-hydrogen) atoms. The number of nitrogens with one attached hydrogen (secondary N) is 2. The summed E-state index contributed by atoms with van der Waals surface area (Å²) in [6.45, 7) is 5.23. The van der Waals surface area contributed by atoms with E-state index in [0.717, 1.165) is 17.2 Å². The largest absolute Gasteiger partial charge is 0.486 e. The van der Waals surface area contributed by atoms with Crippen molar-refractivity contribution in [1.82, 2.24) is 25.4 Å². The number of ether oxygens (including phenoxy) is 1. The van der Waals surface area contributed by atoms with Crippen molar-refractivity contribution in [3.8, 4) is 5.75 Å². The van der Waals surface area contributed by atoms with E-state index in [9.17, 15) is 4.39 Å². The normalized spacial score (nSPS) is 12.5. The smallest absolute Gasteiger partial charge is 0.192 e. The van der Waals surface area contributed by atoms with Crippen molar-refractivity contribution < 1.29 is 9.13 Å². The van der Waals surface area contributed by atoms with Gasteiger partial charge in [-0.1, -0.05) is 42.5 Å². The maximum atomic E-state index is 13.8. The number of guanidine groups is 1. The number of halogens is 1. The van der Waals surface area contributed by atoms with Crippen LogP contribution in [0.2, 0.25) is 0 Å². The van der Waals surface area contributed by atoms with Gasteiger partial charge in [-0.15, -0.1) is 10.2 Å². The van der Waals surface area contributed by atoms with Crippen LogP contribution in [0.15, 0.2) is 59.6 Å². The van der Waals surface area contributed by atoms with E-state index in [-0.39, 0.29) is 17.7 Å². The van der Waals surface area contributed by atoms with Gasteiger partial charge in [0.2, 0.25) is 0 Å². The predicted molar refractivity (Wildman–Crippen MR) is 115 cm³/mol. The molecule has 0 aliphatic carbocycles. The highest BCUT2D eigenvalue weighted by Gasteiger charge is 2.10. The topological polar surface area (TPSA) is 76.4 Å². The van der Waals surface area contributed by atoms with E-state index in [2.05, 4.69) is 25.8 Å². The van der Waals surface area contributed by atoms with Gasteiger partial charge in [-0.3, -0.25) is 0 Å². The molecular weight excluding hydrogens is 383 g/mol. The Labute approximate surface area is 176 Å². The highest BCUT2D eigenvalue weighted by Crippen LogP contribution is 2.16. The highest BCUT2D eigenvalue weighted by molar-refractivity contribution is 5.79. The SMILES string of the molecule is Cc1nnc(CNC(=NCc2ccccc2)NCC(C)Oc2ccccc2F)n1C. The van der Waals surface area contributed by atoms with Gasteiger partial charge in [-0.2, -0.15) is 0 Å². The summed E-state index contributed by atoms with van der Waals surface area (Å²) in [6, 6.07) is 16.4. The molecule has 7 nitrogen and oxygen atoms in total. The molecule has 0 radical (unpaired) electrons. The average Bonchev–Trinajstić information content (AvgIpc) is 3.07. The lowest BCUT2D eigenvalue weighted by atomic mass is 10.2. The molecule has 2 aromatic carbocycles. The van der Waals surface area contributed by atoms with Crippen molar-refractivity contribution in [2.45, 2.75) is 33.0 Å². The second-order valence-corrected chi connectivity index (χ2v) is 6.97. The fourth-order valence-corrected chi connectivity index (χ4v) is 2.73. The zero-order chi connectivity index (χ0) is 21.3. The zero-order valence-corrected chi connectivity index (χ0v) is 17.5. The Hall–Kier alpha value is -3.42. The Balaban J connectivity index is 1.62. The Morgan fingerprint density at radius 3 is 2.53 bits per heavy atom. The van der Waals surface area contributed by atoms with Crippen molar-refractivity contribution in [2.24, 2.45) is 12.0 Å². The van der Waals surface area contributed by atoms with E-state index in [1.807, 2.05) is 55.8 Å². The quantitative estimate of drug-likeness (QED) is 0.441. The minimum absolute atomic E-state index is 0.233. The van der Waals surface area contributed by atoms with Crippen LogP contribution in [0.25, 0.3) is 0 Å². The Kier molecular flexibility index (Phi) is 7.37. The van der Waals surface area contributed by atoms with Gasteiger partial charge in [0, 0.05) is 7.05 Å². The number of rotatable bonds is 8. The van der Waals surface area contributed by atoms with Crippen molar-refractivity contribution in [1.29, 1.82) is 0 Å². The van der Waals surface area contributed by atoms with Gasteiger partial charge in [0.15, 0.2) is 23.4 Å². The fraction of sp³-hybridized carbons (Fsp3) is 0.318. The van der Waals surface area contributed by atoms with Crippen LogP contribution in [0.5, 0.6) is 5.75 Å². The van der Waals surface area contributed by atoms with Crippen LogP contribution in [0.4, 0.5) is 4.39 Å². The maximum absolute atomic E-state index is 13.8. The summed E-state index contributed by atoms with van der Waals surface area (Å²) in [5.41, 5.74) is 1.10. The van der Waals surface area contributed by atoms with E-state index >= 15 is 0 Å². The first-order valence-corrected chi connectivity index (χ1v) is 9.85. The molecule has 158 valence electrons. The van der Waals surface area contributed by atoms with Crippen LogP contribution in [-0.2, 0) is 20.1 Å². The van der Waals surface area contributed by atoms with E-state index in [1.54, 1.807) is 18.2 Å². The molecule has 3 rings (SSSR count). The third-order valence-corrected chi connectivity index (χ3v) is 4.58. The molecule has 0 amide bonds. The molecule has 0 saturated heterocycles. The van der Waals surface area contributed by atoms with Gasteiger partial charge < -0.3 is 19.9 Å². The van der Waals surface area contributed by atoms with Crippen LogP contribution >= 0.6 is 0 Å². The number of benzene rings is 2. The molecule has 0 saturated carbocycles. The monoisotopic (exact) mass is 410 g/mol. The number of aryl methyl sites for hydroxylation is 1. The van der Waals surface area contributed by atoms with Crippen LogP contribution in [0, 0.1) is 12.7 Å². The molecule has 0 aliphatic rings. The van der Waals surface area contributed by atoms with E-state index in [4.69, 9.17) is 4.74 Å². The summed E-state index contributed by atoms with van der Waals surface area (Å²) in [6.07, 6.45) is -0.261. The standard InChI is InChI=1S/C22H27FN6O/c1-16(30-20-12-8-7-11-19(20)23)13-24-22(25-14-18-9-5-4-6-10-18)26-15-21-28-27-17(2)29(21)3/h4-12,16H,13-15H2,1-3H3,(H2,24,25,26). The van der Waals surface area contributed by atoms with E-state index in [0.29, 0.717) is 25.6 Å². The molecule has 0 fully saturated rings. The lowest BCUT2D eigenvalue weighted by Crippen LogP contribution is -2.42. The molecule has 0 aliphatic heterocycles. The summed E-state index contributed by atoms with van der Waals surface area (Å²) < 4.78 is 21.4. The van der Waals surface area contributed by atoms with Crippen molar-refractivity contribution in [3.63, 3.8) is 0 Å². The average molecular weight is 410 g/mol. The molecule has 3 aromatic rings. The number of hydrogen-bond acceptors (Lipinski definition) is 4. The number of aromatic nitrogens is 3. The number of para-hydroxylation sites is 1. The summed E-state index contributed by atoms with van der Waals surface area (Å²) in [7, 11) is 1.92. The van der Waals surface area contributed by atoms with Crippen molar-refractivity contribution >= 4 is 5.96 Å². The van der Waals surface area contributed by atoms with E-state index in [1.165, 1.54) is 6.07 Å². The minimum Gasteiger partial charge on any atom is -0.486 e. The fourth-order valence-electron chi connectivity index (χ4n) is 2.73. The summed E-state index contributed by atoms with van der Waals surface area (Å²) in [5, 5.41) is 14.8. The van der Waals surface area contributed by atoms with Gasteiger partial charge in [-0.25, -0.2) is 9.38 Å². The third-order valence-electron chi connectivity index (χ3n) is 4.58. The predicted octanol–water partition coefficient (Wildman–Crippen LogP) is 2.97. The first kappa shape index (κ1) is 21.3. The van der Waals surface area contributed by atoms with Crippen LogP contribution in [-0.4, -0.2) is 33.4 Å². The van der Waals surface area contributed by atoms with Crippen molar-refractivity contribution in [2.75, 3.05) is 6.54 Å². The second-order valence-electron chi connectivity index (χ2n) is 6.97. The molecule has 1 aromatic heterocycles. The lowest BCUT2D eigenvalue weighted by Gasteiger charge is -2.18. The molecule has 1 heterocycles. The summed E-state index contributed by atoms with van der Waals surface area (Å²) in [4.78, 5) is 4.65. The maximum Gasteiger partial charge on any atom is 0.192 e. The van der Waals surface area contributed by atoms with Crippen LogP contribution in [0.3, 0.4) is 0 Å². The second kappa shape index (κ2) is 10.4. The Bertz CT molecular complexity index is 973. The molecular formula is C22H27FN6O. The highest BCUT2D eigenvalue weighted by atomic mass is 19.1. The zero-order valence-electron chi connectivity index (χ0n) is 17.5. The Morgan fingerprint density at radius 2 is 1.83 bits per heavy atom. The first-order chi connectivity index (χ1) is 14.5. The van der Waals surface area contributed by atoms with E-state index < -0.39 is 0 Å². The third kappa shape index (κ3) is 6.04. The van der Waals surface area contributed by atoms with Gasteiger partial charge in [0.05, 0.1) is 19.6 Å². The molecule has 2 N–H and O–H groups in total.